The van der Waals surface area contributed by atoms with Gasteiger partial charge in [-0.05, 0) is 67.8 Å². The zero-order valence-electron chi connectivity index (χ0n) is 18.9. The Morgan fingerprint density at radius 3 is 2.38 bits per heavy atom. The van der Waals surface area contributed by atoms with E-state index in [0.717, 1.165) is 25.1 Å². The van der Waals surface area contributed by atoms with Crippen molar-refractivity contribution in [1.82, 2.24) is 14.9 Å². The predicted octanol–water partition coefficient (Wildman–Crippen LogP) is 3.43. The van der Waals surface area contributed by atoms with E-state index >= 15 is 0 Å². The van der Waals surface area contributed by atoms with Crippen LogP contribution in [0.3, 0.4) is 0 Å². The fourth-order valence-electron chi connectivity index (χ4n) is 4.48. The van der Waals surface area contributed by atoms with Crippen LogP contribution in [0.15, 0.2) is 59.5 Å². The molecule has 1 aliphatic heterocycles. The van der Waals surface area contributed by atoms with E-state index in [1.807, 2.05) is 17.0 Å². The lowest BCUT2D eigenvalue weighted by Crippen LogP contribution is -2.41. The Kier molecular flexibility index (Phi) is 6.69. The molecule has 5 rings (SSSR count). The fourth-order valence-corrected chi connectivity index (χ4v) is 4.48. The van der Waals surface area contributed by atoms with Gasteiger partial charge in [-0.15, -0.1) is 0 Å². The van der Waals surface area contributed by atoms with E-state index in [2.05, 4.69) is 5.32 Å². The molecule has 0 amide bonds. The third kappa shape index (κ3) is 5.18. The molecule has 3 aromatic rings. The molecular weight excluding hydrogens is 438 g/mol. The number of aryl methyl sites for hydroxylation is 1. The zero-order chi connectivity index (χ0) is 23.5. The molecular formula is C26H28F2N4O2. The highest BCUT2D eigenvalue weighted by molar-refractivity contribution is 5.42. The smallest absolute Gasteiger partial charge is 0.298 e. The van der Waals surface area contributed by atoms with Crippen molar-refractivity contribution >= 4 is 5.82 Å². The Bertz CT molecular complexity index is 1170. The Morgan fingerprint density at radius 1 is 1.00 bits per heavy atom. The second kappa shape index (κ2) is 10.0. The molecule has 0 radical (unpaired) electrons. The molecule has 2 aliphatic rings. The topological polar surface area (TPSA) is 59.4 Å². The van der Waals surface area contributed by atoms with E-state index in [9.17, 15) is 13.6 Å². The van der Waals surface area contributed by atoms with Crippen LogP contribution in [-0.4, -0.2) is 48.4 Å². The van der Waals surface area contributed by atoms with Crippen LogP contribution in [0.2, 0.25) is 0 Å². The van der Waals surface area contributed by atoms with E-state index in [1.54, 1.807) is 22.9 Å². The molecule has 2 atom stereocenters. The average molecular weight is 467 g/mol. The molecule has 1 N–H and O–H groups in total. The minimum Gasteiger partial charge on any atom is -0.378 e. The molecule has 178 valence electrons. The van der Waals surface area contributed by atoms with Gasteiger partial charge in [-0.1, -0.05) is 12.1 Å². The maximum Gasteiger partial charge on any atom is 0.298 e. The lowest BCUT2D eigenvalue weighted by Gasteiger charge is -2.28. The SMILES string of the molecule is O=c1c(N2CCOCC2)nc(CCCN[C@@H]2C[C@H]2c2ccc(F)cc2)cn1-c1ccc(F)cc1. The zero-order valence-corrected chi connectivity index (χ0v) is 18.9. The van der Waals surface area contributed by atoms with Crippen LogP contribution in [0.1, 0.15) is 30.0 Å². The largest absolute Gasteiger partial charge is 0.378 e. The number of hydrogen-bond donors (Lipinski definition) is 1. The predicted molar refractivity (Wildman–Crippen MR) is 127 cm³/mol. The molecule has 2 heterocycles. The lowest BCUT2D eigenvalue weighted by molar-refractivity contribution is 0.122. The summed E-state index contributed by atoms with van der Waals surface area (Å²) < 4.78 is 33.6. The number of nitrogens with one attached hydrogen (secondary N) is 1. The summed E-state index contributed by atoms with van der Waals surface area (Å²) in [7, 11) is 0. The summed E-state index contributed by atoms with van der Waals surface area (Å²) in [6.07, 6.45) is 4.39. The number of nitrogens with zero attached hydrogens (tertiary/aromatic N) is 3. The number of hydrogen-bond acceptors (Lipinski definition) is 5. The van der Waals surface area contributed by atoms with E-state index in [1.165, 1.54) is 29.8 Å². The van der Waals surface area contributed by atoms with Crippen LogP contribution >= 0.6 is 0 Å². The quantitative estimate of drug-likeness (QED) is 0.516. The summed E-state index contributed by atoms with van der Waals surface area (Å²) in [5, 5.41) is 3.57. The van der Waals surface area contributed by atoms with Gasteiger partial charge >= 0.3 is 0 Å². The van der Waals surface area contributed by atoms with Gasteiger partial charge in [0.05, 0.1) is 18.9 Å². The third-order valence-corrected chi connectivity index (χ3v) is 6.46. The van der Waals surface area contributed by atoms with Gasteiger partial charge in [0.15, 0.2) is 5.82 Å². The van der Waals surface area contributed by atoms with Crippen LogP contribution in [0.25, 0.3) is 5.69 Å². The maximum atomic E-state index is 13.4. The Morgan fingerprint density at radius 2 is 1.68 bits per heavy atom. The summed E-state index contributed by atoms with van der Waals surface area (Å²) in [5.74, 6) is 0.299. The highest BCUT2D eigenvalue weighted by Gasteiger charge is 2.37. The first kappa shape index (κ1) is 22.7. The van der Waals surface area contributed by atoms with Gasteiger partial charge in [0.2, 0.25) is 0 Å². The first-order valence-corrected chi connectivity index (χ1v) is 11.8. The van der Waals surface area contributed by atoms with Gasteiger partial charge in [-0.2, -0.15) is 0 Å². The van der Waals surface area contributed by atoms with Gasteiger partial charge in [-0.3, -0.25) is 9.36 Å². The maximum absolute atomic E-state index is 13.4. The lowest BCUT2D eigenvalue weighted by atomic mass is 10.1. The second-order valence-electron chi connectivity index (χ2n) is 8.86. The Labute approximate surface area is 197 Å². The normalized spacial score (nSPS) is 19.9. The van der Waals surface area contributed by atoms with Crippen molar-refractivity contribution in [3.05, 3.63) is 88.0 Å². The van der Waals surface area contributed by atoms with Crippen molar-refractivity contribution in [2.75, 3.05) is 37.7 Å². The number of morpholine rings is 1. The number of rotatable bonds is 8. The highest BCUT2D eigenvalue weighted by Crippen LogP contribution is 2.40. The standard InChI is InChI=1S/C26H28F2N4O2/c27-19-5-3-18(4-6-19)23-16-24(23)29-11-1-2-21-17-32(22-9-7-20(28)8-10-22)26(33)25(30-21)31-12-14-34-15-13-31/h3-10,17,23-24,29H,1-2,11-16H2/t23-,24+/m0/s1. The van der Waals surface area contributed by atoms with Crippen molar-refractivity contribution in [3.63, 3.8) is 0 Å². The molecule has 0 unspecified atom stereocenters. The number of halogens is 2. The summed E-state index contributed by atoms with van der Waals surface area (Å²) >= 11 is 0. The molecule has 34 heavy (non-hydrogen) atoms. The molecule has 1 saturated heterocycles. The van der Waals surface area contributed by atoms with E-state index < -0.39 is 0 Å². The summed E-state index contributed by atoms with van der Waals surface area (Å²) in [5.41, 5.74) is 2.39. The average Bonchev–Trinajstić information content (AvgIpc) is 3.64. The van der Waals surface area contributed by atoms with Gasteiger partial charge in [0.25, 0.3) is 5.56 Å². The fraction of sp³-hybridized carbons (Fsp3) is 0.385. The van der Waals surface area contributed by atoms with Crippen LogP contribution in [-0.2, 0) is 11.2 Å². The van der Waals surface area contributed by atoms with E-state index in [-0.39, 0.29) is 17.2 Å². The van der Waals surface area contributed by atoms with Crippen molar-refractivity contribution in [2.24, 2.45) is 0 Å². The van der Waals surface area contributed by atoms with Crippen LogP contribution in [0.4, 0.5) is 14.6 Å². The third-order valence-electron chi connectivity index (χ3n) is 6.46. The Hall–Kier alpha value is -3.10. The van der Waals surface area contributed by atoms with E-state index in [4.69, 9.17) is 9.72 Å². The summed E-state index contributed by atoms with van der Waals surface area (Å²) in [6.45, 7) is 3.17. The minimum atomic E-state index is -0.343. The van der Waals surface area contributed by atoms with E-state index in [0.29, 0.717) is 56.2 Å². The van der Waals surface area contributed by atoms with Gasteiger partial charge < -0.3 is 15.0 Å². The molecule has 1 aliphatic carbocycles. The molecule has 0 spiro atoms. The molecule has 1 saturated carbocycles. The summed E-state index contributed by atoms with van der Waals surface area (Å²) in [6, 6.07) is 13.1. The van der Waals surface area contributed by atoms with Gasteiger partial charge in [-0.25, -0.2) is 13.8 Å². The van der Waals surface area contributed by atoms with Crippen molar-refractivity contribution in [3.8, 4) is 5.69 Å². The number of anilines is 1. The van der Waals surface area contributed by atoms with Gasteiger partial charge in [0.1, 0.15) is 11.6 Å². The Balaban J connectivity index is 1.26. The van der Waals surface area contributed by atoms with Crippen molar-refractivity contribution < 1.29 is 13.5 Å². The first-order chi connectivity index (χ1) is 16.6. The van der Waals surface area contributed by atoms with Crippen molar-refractivity contribution in [1.29, 1.82) is 0 Å². The minimum absolute atomic E-state index is 0.208. The van der Waals surface area contributed by atoms with Crippen LogP contribution < -0.4 is 15.8 Å². The molecule has 0 bridgehead atoms. The monoisotopic (exact) mass is 466 g/mol. The molecule has 2 fully saturated rings. The highest BCUT2D eigenvalue weighted by atomic mass is 19.1. The number of benzene rings is 2. The first-order valence-electron chi connectivity index (χ1n) is 11.8. The molecule has 2 aromatic carbocycles. The van der Waals surface area contributed by atoms with Crippen LogP contribution in [0, 0.1) is 11.6 Å². The molecule has 1 aromatic heterocycles. The molecule has 6 nitrogen and oxygen atoms in total. The van der Waals surface area contributed by atoms with Gasteiger partial charge in [0, 0.05) is 36.9 Å². The van der Waals surface area contributed by atoms with Crippen LogP contribution in [0.5, 0.6) is 0 Å². The second-order valence-corrected chi connectivity index (χ2v) is 8.86. The number of ether oxygens (including phenoxy) is 1. The summed E-state index contributed by atoms with van der Waals surface area (Å²) in [4.78, 5) is 19.9. The van der Waals surface area contributed by atoms with Crippen molar-refractivity contribution in [2.45, 2.75) is 31.2 Å². The molecule has 8 heteroatoms. The number of aromatic nitrogens is 2.